The van der Waals surface area contributed by atoms with Gasteiger partial charge in [-0.2, -0.15) is 11.3 Å². The van der Waals surface area contributed by atoms with Gasteiger partial charge in [0.05, 0.1) is 11.3 Å². The van der Waals surface area contributed by atoms with Crippen LogP contribution < -0.4 is 11.1 Å². The topological polar surface area (TPSA) is 55.1 Å². The summed E-state index contributed by atoms with van der Waals surface area (Å²) in [6.45, 7) is 1.71. The molecule has 5 heteroatoms. The summed E-state index contributed by atoms with van der Waals surface area (Å²) in [5.74, 6) is -0.825. The summed E-state index contributed by atoms with van der Waals surface area (Å²) in [4.78, 5) is 11.7. The van der Waals surface area contributed by atoms with Gasteiger partial charge in [0.15, 0.2) is 0 Å². The molecular weight excluding hydrogens is 239 g/mol. The lowest BCUT2D eigenvalue weighted by atomic mass is 10.1. The van der Waals surface area contributed by atoms with Crippen LogP contribution in [-0.2, 0) is 0 Å². The van der Waals surface area contributed by atoms with Gasteiger partial charge in [0.25, 0.3) is 5.91 Å². The van der Waals surface area contributed by atoms with Crippen molar-refractivity contribution in [1.29, 1.82) is 0 Å². The molecule has 0 aliphatic heterocycles. The maximum atomic E-state index is 13.6. The van der Waals surface area contributed by atoms with Crippen LogP contribution in [0, 0.1) is 12.7 Å². The maximum Gasteiger partial charge on any atom is 0.256 e. The van der Waals surface area contributed by atoms with E-state index < -0.39 is 5.82 Å². The number of carbonyl (C=O) groups is 1. The Balaban J connectivity index is 2.25. The minimum absolute atomic E-state index is 0.101. The van der Waals surface area contributed by atoms with E-state index in [0.717, 1.165) is 0 Å². The molecule has 0 unspecified atom stereocenters. The summed E-state index contributed by atoms with van der Waals surface area (Å²) in [6.07, 6.45) is 0. The van der Waals surface area contributed by atoms with E-state index in [-0.39, 0.29) is 11.6 Å². The minimum atomic E-state index is -0.486. The number of benzene rings is 1. The number of amides is 1. The molecule has 2 rings (SSSR count). The first-order valence-corrected chi connectivity index (χ1v) is 5.91. The lowest BCUT2D eigenvalue weighted by molar-refractivity contribution is 0.102. The van der Waals surface area contributed by atoms with Gasteiger partial charge in [-0.15, -0.1) is 0 Å². The Bertz CT molecular complexity index is 552. The maximum absolute atomic E-state index is 13.6. The molecule has 3 N–H and O–H groups in total. The molecule has 1 amide bonds. The van der Waals surface area contributed by atoms with Crippen molar-refractivity contribution in [1.82, 2.24) is 0 Å². The first-order chi connectivity index (χ1) is 8.08. The van der Waals surface area contributed by atoms with E-state index in [1.54, 1.807) is 23.8 Å². The van der Waals surface area contributed by atoms with Crippen molar-refractivity contribution in [2.24, 2.45) is 0 Å². The predicted octanol–water partition coefficient (Wildman–Crippen LogP) is 3.03. The zero-order valence-electron chi connectivity index (χ0n) is 9.16. The van der Waals surface area contributed by atoms with E-state index in [0.29, 0.717) is 16.8 Å². The van der Waals surface area contributed by atoms with E-state index >= 15 is 0 Å². The van der Waals surface area contributed by atoms with Crippen molar-refractivity contribution in [3.63, 3.8) is 0 Å². The molecule has 88 valence electrons. The third-order valence-electron chi connectivity index (χ3n) is 2.39. The van der Waals surface area contributed by atoms with Gasteiger partial charge < -0.3 is 11.1 Å². The van der Waals surface area contributed by atoms with Crippen molar-refractivity contribution < 1.29 is 9.18 Å². The molecule has 0 saturated heterocycles. The van der Waals surface area contributed by atoms with Crippen LogP contribution in [0.15, 0.2) is 29.0 Å². The lowest BCUT2D eigenvalue weighted by Gasteiger charge is -2.08. The van der Waals surface area contributed by atoms with E-state index in [1.807, 2.05) is 0 Å². The van der Waals surface area contributed by atoms with E-state index in [9.17, 15) is 9.18 Å². The Morgan fingerprint density at radius 3 is 2.88 bits per heavy atom. The van der Waals surface area contributed by atoms with Gasteiger partial charge in [-0.25, -0.2) is 4.39 Å². The summed E-state index contributed by atoms with van der Waals surface area (Å²) in [5, 5.41) is 5.98. The summed E-state index contributed by atoms with van der Waals surface area (Å²) in [7, 11) is 0. The van der Waals surface area contributed by atoms with Crippen molar-refractivity contribution in [2.45, 2.75) is 6.92 Å². The number of rotatable bonds is 2. The molecule has 0 aliphatic rings. The van der Waals surface area contributed by atoms with Crippen LogP contribution in [0.5, 0.6) is 0 Å². The molecule has 3 nitrogen and oxygen atoms in total. The molecule has 0 bridgehead atoms. The monoisotopic (exact) mass is 250 g/mol. The lowest BCUT2D eigenvalue weighted by Crippen LogP contribution is -2.12. The second-order valence-corrected chi connectivity index (χ2v) is 4.43. The van der Waals surface area contributed by atoms with Gasteiger partial charge in [-0.3, -0.25) is 4.79 Å². The number of hydrogen-bond donors (Lipinski definition) is 2. The van der Waals surface area contributed by atoms with Gasteiger partial charge in [0, 0.05) is 11.1 Å². The van der Waals surface area contributed by atoms with Crippen molar-refractivity contribution in [3.05, 3.63) is 45.9 Å². The second kappa shape index (κ2) is 4.55. The molecule has 0 atom stereocenters. The van der Waals surface area contributed by atoms with Crippen LogP contribution >= 0.6 is 11.3 Å². The molecule has 1 heterocycles. The zero-order valence-corrected chi connectivity index (χ0v) is 9.98. The predicted molar refractivity (Wildman–Crippen MR) is 67.8 cm³/mol. The Kier molecular flexibility index (Phi) is 3.10. The van der Waals surface area contributed by atoms with E-state index in [2.05, 4.69) is 5.32 Å². The third-order valence-corrected chi connectivity index (χ3v) is 3.07. The van der Waals surface area contributed by atoms with Crippen LogP contribution in [0.25, 0.3) is 0 Å². The van der Waals surface area contributed by atoms with Crippen molar-refractivity contribution in [2.75, 3.05) is 11.1 Å². The largest absolute Gasteiger partial charge is 0.398 e. The summed E-state index contributed by atoms with van der Waals surface area (Å²) in [6, 6.07) is 4.41. The normalized spacial score (nSPS) is 10.2. The number of hydrogen-bond acceptors (Lipinski definition) is 3. The number of nitrogens with one attached hydrogen (secondary N) is 1. The minimum Gasteiger partial charge on any atom is -0.398 e. The molecule has 0 saturated carbocycles. The average Bonchev–Trinajstić information content (AvgIpc) is 2.79. The number of aryl methyl sites for hydroxylation is 1. The molecule has 0 aliphatic carbocycles. The fourth-order valence-corrected chi connectivity index (χ4v) is 2.01. The average molecular weight is 250 g/mol. The summed E-state index contributed by atoms with van der Waals surface area (Å²) < 4.78 is 13.6. The van der Waals surface area contributed by atoms with Crippen LogP contribution in [0.1, 0.15) is 15.9 Å². The molecule has 17 heavy (non-hydrogen) atoms. The summed E-state index contributed by atoms with van der Waals surface area (Å²) in [5.41, 5.74) is 7.38. The SMILES string of the molecule is Cc1cc(F)c(NC(=O)c2ccsc2)cc1N. The van der Waals surface area contributed by atoms with Crippen LogP contribution in [-0.4, -0.2) is 5.91 Å². The number of anilines is 2. The van der Waals surface area contributed by atoms with Crippen molar-refractivity contribution >= 4 is 28.6 Å². The first-order valence-electron chi connectivity index (χ1n) is 4.97. The third kappa shape index (κ3) is 2.45. The molecular formula is C12H11FN2OS. The smallest absolute Gasteiger partial charge is 0.256 e. The Labute approximate surface area is 102 Å². The number of nitrogens with two attached hydrogens (primary N) is 1. The van der Waals surface area contributed by atoms with Crippen molar-refractivity contribution in [3.8, 4) is 0 Å². The Morgan fingerprint density at radius 2 is 2.24 bits per heavy atom. The number of halogens is 1. The van der Waals surface area contributed by atoms with Gasteiger partial charge >= 0.3 is 0 Å². The zero-order chi connectivity index (χ0) is 12.4. The molecule has 1 aromatic heterocycles. The first kappa shape index (κ1) is 11.6. The Morgan fingerprint density at radius 1 is 1.47 bits per heavy atom. The van der Waals surface area contributed by atoms with E-state index in [1.165, 1.54) is 23.5 Å². The van der Waals surface area contributed by atoms with E-state index in [4.69, 9.17) is 5.73 Å². The fourth-order valence-electron chi connectivity index (χ4n) is 1.37. The number of thiophene rings is 1. The fraction of sp³-hybridized carbons (Fsp3) is 0.0833. The number of nitrogen functional groups attached to an aromatic ring is 1. The number of carbonyl (C=O) groups excluding carboxylic acids is 1. The van der Waals surface area contributed by atoms with Gasteiger partial charge in [-0.1, -0.05) is 0 Å². The second-order valence-electron chi connectivity index (χ2n) is 3.65. The summed E-state index contributed by atoms with van der Waals surface area (Å²) >= 11 is 1.41. The quantitative estimate of drug-likeness (QED) is 0.805. The highest BCUT2D eigenvalue weighted by Crippen LogP contribution is 2.22. The highest BCUT2D eigenvalue weighted by Gasteiger charge is 2.11. The van der Waals surface area contributed by atoms with Gasteiger partial charge in [0.1, 0.15) is 5.82 Å². The van der Waals surface area contributed by atoms with Gasteiger partial charge in [-0.05, 0) is 36.1 Å². The van der Waals surface area contributed by atoms with Crippen LogP contribution in [0.4, 0.5) is 15.8 Å². The highest BCUT2D eigenvalue weighted by molar-refractivity contribution is 7.08. The Hall–Kier alpha value is -1.88. The van der Waals surface area contributed by atoms with Crippen LogP contribution in [0.2, 0.25) is 0 Å². The standard InChI is InChI=1S/C12H11FN2OS/c1-7-4-9(13)11(5-10(7)14)15-12(16)8-2-3-17-6-8/h2-6H,14H2,1H3,(H,15,16). The van der Waals surface area contributed by atoms with Crippen LogP contribution in [0.3, 0.4) is 0 Å². The van der Waals surface area contributed by atoms with Gasteiger partial charge in [0.2, 0.25) is 0 Å². The highest BCUT2D eigenvalue weighted by atomic mass is 32.1. The molecule has 2 aromatic rings. The molecule has 1 aromatic carbocycles. The molecule has 0 fully saturated rings. The molecule has 0 radical (unpaired) electrons. The molecule has 0 spiro atoms.